The average Bonchev–Trinajstić information content (AvgIpc) is 3.03. The Morgan fingerprint density at radius 2 is 2.11 bits per heavy atom. The van der Waals surface area contributed by atoms with Gasteiger partial charge in [0.05, 0.1) is 15.6 Å². The summed E-state index contributed by atoms with van der Waals surface area (Å²) in [7, 11) is 0. The molecule has 2 N–H and O–H groups in total. The number of nitrogens with zero attached hydrogens (tertiary/aromatic N) is 1. The molecule has 1 aliphatic rings. The van der Waals surface area contributed by atoms with Crippen molar-refractivity contribution in [2.45, 2.75) is 25.7 Å². The fourth-order valence-corrected chi connectivity index (χ4v) is 3.57. The standard InChI is InChI=1S/C14H16N2O2S/c17-12(18)14(7-3-4-8-14)9-15-13-16-10-5-1-2-6-11(10)19-13/h1-2,5-6H,3-4,7-9H2,(H,15,16)(H,17,18). The molecule has 19 heavy (non-hydrogen) atoms. The number of carboxylic acid groups (broad SMARTS) is 1. The molecular weight excluding hydrogens is 260 g/mol. The molecule has 3 rings (SSSR count). The van der Waals surface area contributed by atoms with Gasteiger partial charge in [0, 0.05) is 6.54 Å². The van der Waals surface area contributed by atoms with Gasteiger partial charge in [-0.3, -0.25) is 4.79 Å². The maximum Gasteiger partial charge on any atom is 0.311 e. The van der Waals surface area contributed by atoms with Crippen LogP contribution in [0.3, 0.4) is 0 Å². The van der Waals surface area contributed by atoms with Crippen molar-refractivity contribution in [3.05, 3.63) is 24.3 Å². The summed E-state index contributed by atoms with van der Waals surface area (Å²) in [5.74, 6) is -0.682. The number of hydrogen-bond donors (Lipinski definition) is 2. The second-order valence-corrected chi connectivity index (χ2v) is 6.16. The largest absolute Gasteiger partial charge is 0.481 e. The number of aliphatic carboxylic acids is 1. The highest BCUT2D eigenvalue weighted by molar-refractivity contribution is 7.22. The van der Waals surface area contributed by atoms with Gasteiger partial charge in [-0.05, 0) is 25.0 Å². The molecule has 0 amide bonds. The van der Waals surface area contributed by atoms with Crippen LogP contribution in [0.25, 0.3) is 10.2 Å². The fraction of sp³-hybridized carbons (Fsp3) is 0.429. The van der Waals surface area contributed by atoms with Gasteiger partial charge in [-0.2, -0.15) is 0 Å². The van der Waals surface area contributed by atoms with Gasteiger partial charge in [0.2, 0.25) is 0 Å². The zero-order chi connectivity index (χ0) is 13.3. The minimum atomic E-state index is -0.682. The van der Waals surface area contributed by atoms with Gasteiger partial charge in [-0.1, -0.05) is 36.3 Å². The maximum absolute atomic E-state index is 11.5. The van der Waals surface area contributed by atoms with Gasteiger partial charge in [0.15, 0.2) is 5.13 Å². The third kappa shape index (κ3) is 2.30. The van der Waals surface area contributed by atoms with E-state index in [0.29, 0.717) is 6.54 Å². The van der Waals surface area contributed by atoms with Crippen LogP contribution in [0.5, 0.6) is 0 Å². The Labute approximate surface area is 115 Å². The number of hydrogen-bond acceptors (Lipinski definition) is 4. The molecule has 1 fully saturated rings. The smallest absolute Gasteiger partial charge is 0.311 e. The lowest BCUT2D eigenvalue weighted by Crippen LogP contribution is -2.35. The molecule has 100 valence electrons. The Balaban J connectivity index is 1.76. The summed E-state index contributed by atoms with van der Waals surface area (Å²) in [6.07, 6.45) is 3.54. The van der Waals surface area contributed by atoms with Crippen molar-refractivity contribution in [3.8, 4) is 0 Å². The van der Waals surface area contributed by atoms with E-state index in [4.69, 9.17) is 0 Å². The van der Waals surface area contributed by atoms with Crippen LogP contribution in [-0.2, 0) is 4.79 Å². The van der Waals surface area contributed by atoms with Crippen molar-refractivity contribution in [2.75, 3.05) is 11.9 Å². The molecule has 1 heterocycles. The van der Waals surface area contributed by atoms with Gasteiger partial charge in [-0.25, -0.2) is 4.98 Å². The lowest BCUT2D eigenvalue weighted by atomic mass is 9.86. The molecule has 1 aromatic heterocycles. The molecule has 0 bridgehead atoms. The summed E-state index contributed by atoms with van der Waals surface area (Å²) in [6, 6.07) is 7.95. The van der Waals surface area contributed by atoms with E-state index >= 15 is 0 Å². The second-order valence-electron chi connectivity index (χ2n) is 5.13. The van der Waals surface area contributed by atoms with Crippen LogP contribution in [0.15, 0.2) is 24.3 Å². The third-order valence-corrected chi connectivity index (χ3v) is 4.88. The zero-order valence-electron chi connectivity index (χ0n) is 10.6. The van der Waals surface area contributed by atoms with Crippen molar-refractivity contribution >= 4 is 32.7 Å². The average molecular weight is 276 g/mol. The lowest BCUT2D eigenvalue weighted by Gasteiger charge is -2.23. The first-order valence-electron chi connectivity index (χ1n) is 6.52. The van der Waals surface area contributed by atoms with Crippen LogP contribution in [-0.4, -0.2) is 22.6 Å². The normalized spacial score (nSPS) is 17.7. The van der Waals surface area contributed by atoms with Gasteiger partial charge in [0.25, 0.3) is 0 Å². The van der Waals surface area contributed by atoms with E-state index in [-0.39, 0.29) is 0 Å². The monoisotopic (exact) mass is 276 g/mol. The van der Waals surface area contributed by atoms with E-state index in [0.717, 1.165) is 41.0 Å². The predicted molar refractivity (Wildman–Crippen MR) is 76.6 cm³/mol. The van der Waals surface area contributed by atoms with Crippen LogP contribution in [0.4, 0.5) is 5.13 Å². The van der Waals surface area contributed by atoms with Gasteiger partial charge in [0.1, 0.15) is 0 Å². The van der Waals surface area contributed by atoms with Crippen molar-refractivity contribution < 1.29 is 9.90 Å². The number of carboxylic acids is 1. The van der Waals surface area contributed by atoms with Crippen LogP contribution >= 0.6 is 11.3 Å². The van der Waals surface area contributed by atoms with Crippen molar-refractivity contribution in [1.29, 1.82) is 0 Å². The summed E-state index contributed by atoms with van der Waals surface area (Å²) in [5.41, 5.74) is 0.364. The Morgan fingerprint density at radius 1 is 1.37 bits per heavy atom. The van der Waals surface area contributed by atoms with Crippen LogP contribution in [0.1, 0.15) is 25.7 Å². The SMILES string of the molecule is O=C(O)C1(CNc2nc3ccccc3s2)CCCC1. The summed E-state index contributed by atoms with van der Waals surface area (Å²) in [4.78, 5) is 15.9. The molecule has 0 spiro atoms. The number of para-hydroxylation sites is 1. The van der Waals surface area contributed by atoms with Crippen molar-refractivity contribution in [3.63, 3.8) is 0 Å². The molecular formula is C14H16N2O2S. The van der Waals surface area contributed by atoms with E-state index in [2.05, 4.69) is 10.3 Å². The second kappa shape index (κ2) is 4.81. The highest BCUT2D eigenvalue weighted by atomic mass is 32.1. The number of rotatable bonds is 4. The molecule has 0 unspecified atom stereocenters. The number of nitrogens with one attached hydrogen (secondary N) is 1. The van der Waals surface area contributed by atoms with E-state index in [9.17, 15) is 9.90 Å². The van der Waals surface area contributed by atoms with E-state index in [1.165, 1.54) is 0 Å². The van der Waals surface area contributed by atoms with E-state index in [1.54, 1.807) is 11.3 Å². The van der Waals surface area contributed by atoms with Crippen LogP contribution in [0, 0.1) is 5.41 Å². The van der Waals surface area contributed by atoms with Gasteiger partial charge in [-0.15, -0.1) is 0 Å². The summed E-state index contributed by atoms with van der Waals surface area (Å²) in [5, 5.41) is 13.5. The molecule has 4 nitrogen and oxygen atoms in total. The fourth-order valence-electron chi connectivity index (χ4n) is 2.71. The summed E-state index contributed by atoms with van der Waals surface area (Å²) >= 11 is 1.58. The third-order valence-electron chi connectivity index (χ3n) is 3.89. The van der Waals surface area contributed by atoms with Crippen molar-refractivity contribution in [2.24, 2.45) is 5.41 Å². The molecule has 2 aromatic rings. The topological polar surface area (TPSA) is 62.2 Å². The number of benzene rings is 1. The highest BCUT2D eigenvalue weighted by Gasteiger charge is 2.41. The minimum Gasteiger partial charge on any atom is -0.481 e. The zero-order valence-corrected chi connectivity index (χ0v) is 11.4. The Hall–Kier alpha value is -1.62. The first kappa shape index (κ1) is 12.4. The van der Waals surface area contributed by atoms with Crippen LogP contribution in [0.2, 0.25) is 0 Å². The number of aromatic nitrogens is 1. The van der Waals surface area contributed by atoms with E-state index in [1.807, 2.05) is 24.3 Å². The number of anilines is 1. The number of carbonyl (C=O) groups is 1. The molecule has 1 aromatic carbocycles. The molecule has 0 radical (unpaired) electrons. The minimum absolute atomic E-state index is 0.474. The highest BCUT2D eigenvalue weighted by Crippen LogP contribution is 2.39. The summed E-state index contributed by atoms with van der Waals surface area (Å²) < 4.78 is 1.13. The first-order chi connectivity index (χ1) is 9.20. The first-order valence-corrected chi connectivity index (χ1v) is 7.34. The molecule has 5 heteroatoms. The molecule has 0 aliphatic heterocycles. The number of thiazole rings is 1. The lowest BCUT2D eigenvalue weighted by molar-refractivity contribution is -0.147. The van der Waals surface area contributed by atoms with Crippen molar-refractivity contribution in [1.82, 2.24) is 4.98 Å². The number of fused-ring (bicyclic) bond motifs is 1. The Bertz CT molecular complexity index is 569. The molecule has 1 aliphatic carbocycles. The van der Waals surface area contributed by atoms with Gasteiger partial charge >= 0.3 is 5.97 Å². The van der Waals surface area contributed by atoms with E-state index < -0.39 is 11.4 Å². The maximum atomic E-state index is 11.5. The molecule has 0 atom stereocenters. The summed E-state index contributed by atoms with van der Waals surface area (Å²) in [6.45, 7) is 0.474. The molecule has 1 saturated carbocycles. The van der Waals surface area contributed by atoms with Gasteiger partial charge < -0.3 is 10.4 Å². The Morgan fingerprint density at radius 3 is 2.79 bits per heavy atom. The molecule has 0 saturated heterocycles. The quantitative estimate of drug-likeness (QED) is 0.899. The van der Waals surface area contributed by atoms with Crippen LogP contribution < -0.4 is 5.32 Å². The Kier molecular flexibility index (Phi) is 3.14. The predicted octanol–water partition coefficient (Wildman–Crippen LogP) is 3.35.